The summed E-state index contributed by atoms with van der Waals surface area (Å²) in [5.41, 5.74) is 0.536. The van der Waals surface area contributed by atoms with Gasteiger partial charge in [-0.15, -0.1) is 0 Å². The number of amides is 1. The van der Waals surface area contributed by atoms with E-state index in [0.29, 0.717) is 22.8 Å². The van der Waals surface area contributed by atoms with Gasteiger partial charge in [-0.3, -0.25) is 4.79 Å². The molecule has 0 radical (unpaired) electrons. The number of carbonyl (C=O) groups excluding carboxylic acids is 2. The highest BCUT2D eigenvalue weighted by Crippen LogP contribution is 2.35. The second-order valence-electron chi connectivity index (χ2n) is 5.81. The highest BCUT2D eigenvalue weighted by atomic mass is 19.3. The van der Waals surface area contributed by atoms with E-state index in [0.717, 1.165) is 6.08 Å². The van der Waals surface area contributed by atoms with Crippen molar-refractivity contribution in [1.82, 2.24) is 0 Å². The lowest BCUT2D eigenvalue weighted by Crippen LogP contribution is -2.20. The molecule has 1 N–H and O–H groups in total. The maximum Gasteiger partial charge on any atom is 0.387 e. The molecule has 0 aliphatic heterocycles. The van der Waals surface area contributed by atoms with Gasteiger partial charge in [-0.1, -0.05) is 12.1 Å². The number of rotatable bonds is 10. The van der Waals surface area contributed by atoms with Crippen LogP contribution in [0.1, 0.15) is 5.56 Å². The van der Waals surface area contributed by atoms with Crippen molar-refractivity contribution in [3.63, 3.8) is 0 Å². The number of benzene rings is 2. The minimum atomic E-state index is -3.05. The van der Waals surface area contributed by atoms with Gasteiger partial charge in [0.15, 0.2) is 18.1 Å². The standard InChI is InChI=1S/C21H21F2NO7/c1-27-16-11-18(29-3)17(28-2)10-13(16)8-9-20(26)30-12-19(25)24-14-6-4-5-7-15(14)31-21(22)23/h4-11,21H,12H2,1-3H3,(H,24,25)/b9-8+. The van der Waals surface area contributed by atoms with Crippen LogP contribution in [-0.4, -0.2) is 46.4 Å². The number of anilines is 1. The molecule has 0 aliphatic rings. The minimum Gasteiger partial charge on any atom is -0.496 e. The molecule has 0 aliphatic carbocycles. The van der Waals surface area contributed by atoms with Crippen LogP contribution in [0.5, 0.6) is 23.0 Å². The average Bonchev–Trinajstić information content (AvgIpc) is 2.76. The zero-order chi connectivity index (χ0) is 22.8. The van der Waals surface area contributed by atoms with E-state index < -0.39 is 25.1 Å². The fourth-order valence-corrected chi connectivity index (χ4v) is 2.48. The smallest absolute Gasteiger partial charge is 0.387 e. The Bertz CT molecular complexity index is 947. The molecule has 2 aromatic carbocycles. The van der Waals surface area contributed by atoms with Crippen LogP contribution in [0, 0.1) is 0 Å². The molecule has 0 saturated heterocycles. The number of ether oxygens (including phenoxy) is 5. The number of para-hydroxylation sites is 2. The topological polar surface area (TPSA) is 92.3 Å². The lowest BCUT2D eigenvalue weighted by atomic mass is 10.1. The van der Waals surface area contributed by atoms with Crippen LogP contribution >= 0.6 is 0 Å². The molecule has 1 amide bonds. The van der Waals surface area contributed by atoms with Gasteiger partial charge in [-0.05, 0) is 24.3 Å². The van der Waals surface area contributed by atoms with Crippen molar-refractivity contribution in [3.8, 4) is 23.0 Å². The molecular formula is C21H21F2NO7. The van der Waals surface area contributed by atoms with Gasteiger partial charge in [0.25, 0.3) is 5.91 Å². The fraction of sp³-hybridized carbons (Fsp3) is 0.238. The largest absolute Gasteiger partial charge is 0.496 e. The van der Waals surface area contributed by atoms with Crippen molar-refractivity contribution in [1.29, 1.82) is 0 Å². The average molecular weight is 437 g/mol. The zero-order valence-electron chi connectivity index (χ0n) is 17.0. The molecule has 166 valence electrons. The Balaban J connectivity index is 1.98. The van der Waals surface area contributed by atoms with Crippen LogP contribution in [0.3, 0.4) is 0 Å². The van der Waals surface area contributed by atoms with Crippen LogP contribution in [0.2, 0.25) is 0 Å². The number of methoxy groups -OCH3 is 3. The summed E-state index contributed by atoms with van der Waals surface area (Å²) in [6.07, 6.45) is 2.53. The highest BCUT2D eigenvalue weighted by Gasteiger charge is 2.13. The van der Waals surface area contributed by atoms with Gasteiger partial charge in [0.1, 0.15) is 11.5 Å². The molecule has 0 spiro atoms. The second kappa shape index (κ2) is 11.4. The number of alkyl halides is 2. The molecule has 0 bridgehead atoms. The summed E-state index contributed by atoms with van der Waals surface area (Å²) in [7, 11) is 4.40. The quantitative estimate of drug-likeness (QED) is 0.449. The molecule has 2 aromatic rings. The summed E-state index contributed by atoms with van der Waals surface area (Å²) in [6, 6.07) is 8.85. The Kier molecular flexibility index (Phi) is 8.62. The number of esters is 1. The summed E-state index contributed by atoms with van der Waals surface area (Å²) < 4.78 is 49.7. The second-order valence-corrected chi connectivity index (χ2v) is 5.81. The summed E-state index contributed by atoms with van der Waals surface area (Å²) in [6.45, 7) is -3.68. The summed E-state index contributed by atoms with van der Waals surface area (Å²) in [5.74, 6) is -0.431. The van der Waals surface area contributed by atoms with Crippen molar-refractivity contribution in [2.75, 3.05) is 33.3 Å². The normalized spacial score (nSPS) is 10.6. The molecule has 31 heavy (non-hydrogen) atoms. The highest BCUT2D eigenvalue weighted by molar-refractivity contribution is 5.95. The van der Waals surface area contributed by atoms with Gasteiger partial charge in [-0.2, -0.15) is 8.78 Å². The molecule has 0 unspecified atom stereocenters. The van der Waals surface area contributed by atoms with E-state index in [4.69, 9.17) is 18.9 Å². The maximum atomic E-state index is 12.4. The van der Waals surface area contributed by atoms with Gasteiger partial charge >= 0.3 is 12.6 Å². The molecule has 10 heteroatoms. The minimum absolute atomic E-state index is 0.0226. The van der Waals surface area contributed by atoms with E-state index in [1.54, 1.807) is 12.1 Å². The third-order valence-electron chi connectivity index (χ3n) is 3.86. The van der Waals surface area contributed by atoms with E-state index >= 15 is 0 Å². The van der Waals surface area contributed by atoms with Crippen molar-refractivity contribution in [2.24, 2.45) is 0 Å². The van der Waals surface area contributed by atoms with E-state index in [1.807, 2.05) is 0 Å². The number of nitrogens with one attached hydrogen (secondary N) is 1. The van der Waals surface area contributed by atoms with E-state index in [2.05, 4.69) is 10.1 Å². The Morgan fingerprint density at radius 1 is 0.968 bits per heavy atom. The van der Waals surface area contributed by atoms with Crippen LogP contribution in [-0.2, 0) is 14.3 Å². The predicted molar refractivity (Wildman–Crippen MR) is 108 cm³/mol. The van der Waals surface area contributed by atoms with Gasteiger partial charge < -0.3 is 29.0 Å². The number of carbonyl (C=O) groups is 2. The Labute approximate surface area is 177 Å². The monoisotopic (exact) mass is 437 g/mol. The number of halogens is 2. The Morgan fingerprint density at radius 3 is 2.26 bits per heavy atom. The summed E-state index contributed by atoms with van der Waals surface area (Å²) >= 11 is 0. The number of hydrogen-bond acceptors (Lipinski definition) is 7. The van der Waals surface area contributed by atoms with Crippen LogP contribution in [0.4, 0.5) is 14.5 Å². The molecule has 0 saturated carbocycles. The molecule has 0 atom stereocenters. The maximum absolute atomic E-state index is 12.4. The molecule has 2 rings (SSSR count). The van der Waals surface area contributed by atoms with Crippen LogP contribution in [0.15, 0.2) is 42.5 Å². The van der Waals surface area contributed by atoms with E-state index in [1.165, 1.54) is 51.7 Å². The molecule has 0 heterocycles. The van der Waals surface area contributed by atoms with Crippen molar-refractivity contribution in [3.05, 3.63) is 48.0 Å². The lowest BCUT2D eigenvalue weighted by Gasteiger charge is -2.12. The van der Waals surface area contributed by atoms with Gasteiger partial charge in [0, 0.05) is 17.7 Å². The molecule has 8 nitrogen and oxygen atoms in total. The van der Waals surface area contributed by atoms with Crippen LogP contribution < -0.4 is 24.3 Å². The van der Waals surface area contributed by atoms with Gasteiger partial charge in [-0.25, -0.2) is 4.79 Å². The lowest BCUT2D eigenvalue weighted by molar-refractivity contribution is -0.142. The first kappa shape index (κ1) is 23.5. The SMILES string of the molecule is COc1cc(OC)c(OC)cc1/C=C/C(=O)OCC(=O)Nc1ccccc1OC(F)F. The Hall–Kier alpha value is -3.82. The third kappa shape index (κ3) is 6.88. The summed E-state index contributed by atoms with van der Waals surface area (Å²) in [4.78, 5) is 23.9. The van der Waals surface area contributed by atoms with Crippen molar-refractivity contribution < 1.29 is 42.1 Å². The Morgan fingerprint density at radius 2 is 1.61 bits per heavy atom. The first-order valence-corrected chi connectivity index (χ1v) is 8.86. The summed E-state index contributed by atoms with van der Waals surface area (Å²) in [5, 5.41) is 2.34. The molecule has 0 fully saturated rings. The first-order chi connectivity index (χ1) is 14.9. The van der Waals surface area contributed by atoms with E-state index in [-0.39, 0.29) is 11.4 Å². The zero-order valence-corrected chi connectivity index (χ0v) is 17.0. The first-order valence-electron chi connectivity index (χ1n) is 8.86. The van der Waals surface area contributed by atoms with Gasteiger partial charge in [0.05, 0.1) is 27.0 Å². The molecule has 0 aromatic heterocycles. The number of hydrogen-bond donors (Lipinski definition) is 1. The van der Waals surface area contributed by atoms with Crippen molar-refractivity contribution in [2.45, 2.75) is 6.61 Å². The molecular weight excluding hydrogens is 416 g/mol. The predicted octanol–water partition coefficient (Wildman–Crippen LogP) is 3.51. The van der Waals surface area contributed by atoms with Crippen LogP contribution in [0.25, 0.3) is 6.08 Å². The van der Waals surface area contributed by atoms with Crippen molar-refractivity contribution >= 4 is 23.6 Å². The van der Waals surface area contributed by atoms with E-state index in [9.17, 15) is 18.4 Å². The fourth-order valence-electron chi connectivity index (χ4n) is 2.48. The third-order valence-corrected chi connectivity index (χ3v) is 3.86. The van der Waals surface area contributed by atoms with Gasteiger partial charge in [0.2, 0.25) is 0 Å².